The second-order valence-corrected chi connectivity index (χ2v) is 5.67. The van der Waals surface area contributed by atoms with E-state index < -0.39 is 0 Å². The standard InChI is InChI=1S/C19H15ClO3/c1-12-10-18(21)19(13(2)22-12)14-4-3-5-17(11-14)23-16-8-6-15(20)7-9-16/h3-11H,1-2H3. The molecule has 3 nitrogen and oxygen atoms in total. The van der Waals surface area contributed by atoms with Crippen LogP contribution in [0.4, 0.5) is 0 Å². The van der Waals surface area contributed by atoms with E-state index >= 15 is 0 Å². The normalized spacial score (nSPS) is 10.6. The molecule has 0 aliphatic heterocycles. The Balaban J connectivity index is 1.97. The van der Waals surface area contributed by atoms with Crippen LogP contribution in [0.25, 0.3) is 11.1 Å². The molecule has 0 spiro atoms. The third-order valence-electron chi connectivity index (χ3n) is 3.42. The van der Waals surface area contributed by atoms with E-state index in [1.54, 1.807) is 38.1 Å². The maximum atomic E-state index is 12.3. The molecule has 0 bridgehead atoms. The molecule has 23 heavy (non-hydrogen) atoms. The van der Waals surface area contributed by atoms with Crippen LogP contribution in [-0.2, 0) is 0 Å². The Kier molecular flexibility index (Phi) is 4.22. The predicted octanol–water partition coefficient (Wildman–Crippen LogP) is 5.37. The smallest absolute Gasteiger partial charge is 0.193 e. The fraction of sp³-hybridized carbons (Fsp3) is 0.105. The fourth-order valence-corrected chi connectivity index (χ4v) is 2.58. The van der Waals surface area contributed by atoms with Gasteiger partial charge in [0.05, 0.1) is 5.56 Å². The van der Waals surface area contributed by atoms with Crippen LogP contribution in [-0.4, -0.2) is 0 Å². The summed E-state index contributed by atoms with van der Waals surface area (Å²) in [4.78, 5) is 12.3. The SMILES string of the molecule is Cc1cc(=O)c(-c2cccc(Oc3ccc(Cl)cc3)c2)c(C)o1. The summed E-state index contributed by atoms with van der Waals surface area (Å²) in [7, 11) is 0. The van der Waals surface area contributed by atoms with Gasteiger partial charge in [0.2, 0.25) is 0 Å². The van der Waals surface area contributed by atoms with Crippen molar-refractivity contribution in [1.82, 2.24) is 0 Å². The van der Waals surface area contributed by atoms with Gasteiger partial charge in [0.25, 0.3) is 0 Å². The third-order valence-corrected chi connectivity index (χ3v) is 3.67. The molecule has 116 valence electrons. The van der Waals surface area contributed by atoms with Gasteiger partial charge in [-0.25, -0.2) is 0 Å². The van der Waals surface area contributed by atoms with Crippen LogP contribution in [0.15, 0.2) is 63.8 Å². The highest BCUT2D eigenvalue weighted by Gasteiger charge is 2.11. The number of benzene rings is 2. The van der Waals surface area contributed by atoms with Crippen LogP contribution in [0, 0.1) is 13.8 Å². The van der Waals surface area contributed by atoms with Crippen LogP contribution in [0.1, 0.15) is 11.5 Å². The molecule has 0 atom stereocenters. The van der Waals surface area contributed by atoms with Gasteiger partial charge in [-0.3, -0.25) is 4.79 Å². The van der Waals surface area contributed by atoms with E-state index in [9.17, 15) is 4.79 Å². The number of hydrogen-bond acceptors (Lipinski definition) is 3. The number of hydrogen-bond donors (Lipinski definition) is 0. The zero-order chi connectivity index (χ0) is 16.4. The highest BCUT2D eigenvalue weighted by molar-refractivity contribution is 6.30. The minimum atomic E-state index is -0.0603. The first-order valence-electron chi connectivity index (χ1n) is 7.18. The van der Waals surface area contributed by atoms with Crippen molar-refractivity contribution in [2.24, 2.45) is 0 Å². The molecule has 0 amide bonds. The summed E-state index contributed by atoms with van der Waals surface area (Å²) in [5.74, 6) is 2.52. The second kappa shape index (κ2) is 6.31. The van der Waals surface area contributed by atoms with Crippen LogP contribution >= 0.6 is 11.6 Å². The first-order valence-corrected chi connectivity index (χ1v) is 7.56. The lowest BCUT2D eigenvalue weighted by Gasteiger charge is -2.09. The van der Waals surface area contributed by atoms with Crippen molar-refractivity contribution in [2.75, 3.05) is 0 Å². The van der Waals surface area contributed by atoms with Crippen molar-refractivity contribution >= 4 is 11.6 Å². The predicted molar refractivity (Wildman–Crippen MR) is 91.4 cm³/mol. The minimum Gasteiger partial charge on any atom is -0.466 e. The number of ether oxygens (including phenoxy) is 1. The van der Waals surface area contributed by atoms with Crippen molar-refractivity contribution in [3.63, 3.8) is 0 Å². The summed E-state index contributed by atoms with van der Waals surface area (Å²) < 4.78 is 11.4. The molecule has 3 rings (SSSR count). The summed E-state index contributed by atoms with van der Waals surface area (Å²) in [6, 6.07) is 16.0. The molecule has 0 aliphatic rings. The van der Waals surface area contributed by atoms with Gasteiger partial charge in [0.15, 0.2) is 5.43 Å². The van der Waals surface area contributed by atoms with Gasteiger partial charge in [-0.05, 0) is 55.8 Å². The highest BCUT2D eigenvalue weighted by atomic mass is 35.5. The molecule has 0 aliphatic carbocycles. The quantitative estimate of drug-likeness (QED) is 0.649. The Bertz CT molecular complexity index is 895. The molecule has 2 aromatic carbocycles. The second-order valence-electron chi connectivity index (χ2n) is 5.24. The Hall–Kier alpha value is -2.52. The molecule has 0 fully saturated rings. The molecular formula is C19H15ClO3. The van der Waals surface area contributed by atoms with Crippen LogP contribution in [0.2, 0.25) is 5.02 Å². The van der Waals surface area contributed by atoms with Gasteiger partial charge in [-0.2, -0.15) is 0 Å². The van der Waals surface area contributed by atoms with Crippen LogP contribution in [0.5, 0.6) is 11.5 Å². The van der Waals surface area contributed by atoms with Gasteiger partial charge in [0.1, 0.15) is 23.0 Å². The molecule has 0 saturated carbocycles. The van der Waals surface area contributed by atoms with E-state index in [0.29, 0.717) is 33.6 Å². The van der Waals surface area contributed by atoms with Gasteiger partial charge < -0.3 is 9.15 Å². The highest BCUT2D eigenvalue weighted by Crippen LogP contribution is 2.28. The monoisotopic (exact) mass is 326 g/mol. The van der Waals surface area contributed by atoms with E-state index in [1.807, 2.05) is 24.3 Å². The van der Waals surface area contributed by atoms with E-state index in [1.165, 1.54) is 6.07 Å². The summed E-state index contributed by atoms with van der Waals surface area (Å²) in [6.45, 7) is 3.55. The lowest BCUT2D eigenvalue weighted by atomic mass is 10.0. The Morgan fingerprint density at radius 3 is 2.39 bits per heavy atom. The van der Waals surface area contributed by atoms with E-state index in [4.69, 9.17) is 20.8 Å². The van der Waals surface area contributed by atoms with Gasteiger partial charge in [-0.15, -0.1) is 0 Å². The molecule has 4 heteroatoms. The molecule has 0 unspecified atom stereocenters. The van der Waals surface area contributed by atoms with Crippen molar-refractivity contribution < 1.29 is 9.15 Å². The molecule has 0 radical (unpaired) electrons. The topological polar surface area (TPSA) is 39.4 Å². The van der Waals surface area contributed by atoms with E-state index in [0.717, 1.165) is 5.56 Å². The molecule has 3 aromatic rings. The van der Waals surface area contributed by atoms with Crippen molar-refractivity contribution in [1.29, 1.82) is 0 Å². The number of aryl methyl sites for hydroxylation is 2. The summed E-state index contributed by atoms with van der Waals surface area (Å²) in [5, 5.41) is 0.652. The van der Waals surface area contributed by atoms with Crippen LogP contribution in [0.3, 0.4) is 0 Å². The Morgan fingerprint density at radius 2 is 1.70 bits per heavy atom. The molecule has 0 saturated heterocycles. The van der Waals surface area contributed by atoms with E-state index in [2.05, 4.69) is 0 Å². The average Bonchev–Trinajstić information content (AvgIpc) is 2.49. The number of halogens is 1. The summed E-state index contributed by atoms with van der Waals surface area (Å²) >= 11 is 5.87. The number of rotatable bonds is 3. The summed E-state index contributed by atoms with van der Waals surface area (Å²) in [6.07, 6.45) is 0. The average molecular weight is 327 g/mol. The van der Waals surface area contributed by atoms with Gasteiger partial charge >= 0.3 is 0 Å². The maximum absolute atomic E-state index is 12.3. The molecule has 1 heterocycles. The Morgan fingerprint density at radius 1 is 0.957 bits per heavy atom. The lowest BCUT2D eigenvalue weighted by Crippen LogP contribution is -2.06. The Labute approximate surface area is 139 Å². The zero-order valence-electron chi connectivity index (χ0n) is 12.8. The van der Waals surface area contributed by atoms with Crippen molar-refractivity contribution in [3.05, 3.63) is 81.4 Å². The van der Waals surface area contributed by atoms with Gasteiger partial charge in [0, 0.05) is 11.1 Å². The maximum Gasteiger partial charge on any atom is 0.193 e. The lowest BCUT2D eigenvalue weighted by molar-refractivity contribution is 0.482. The van der Waals surface area contributed by atoms with E-state index in [-0.39, 0.29) is 5.43 Å². The third kappa shape index (κ3) is 3.46. The zero-order valence-corrected chi connectivity index (χ0v) is 13.6. The molecule has 1 aromatic heterocycles. The molecular weight excluding hydrogens is 312 g/mol. The van der Waals surface area contributed by atoms with Crippen molar-refractivity contribution in [2.45, 2.75) is 13.8 Å². The van der Waals surface area contributed by atoms with Crippen LogP contribution < -0.4 is 10.2 Å². The first-order chi connectivity index (χ1) is 11.0. The van der Waals surface area contributed by atoms with Gasteiger partial charge in [-0.1, -0.05) is 23.7 Å². The first kappa shape index (κ1) is 15.4. The molecule has 0 N–H and O–H groups in total. The largest absolute Gasteiger partial charge is 0.466 e. The fourth-order valence-electron chi connectivity index (χ4n) is 2.45. The minimum absolute atomic E-state index is 0.0603. The summed E-state index contributed by atoms with van der Waals surface area (Å²) in [5.41, 5.74) is 1.26. The van der Waals surface area contributed by atoms with Crippen molar-refractivity contribution in [3.8, 4) is 22.6 Å².